The summed E-state index contributed by atoms with van der Waals surface area (Å²) in [5, 5.41) is 0. The maximum atomic E-state index is 13.3. The van der Waals surface area contributed by atoms with Crippen molar-refractivity contribution in [2.45, 2.75) is 52.1 Å². The third-order valence-electron chi connectivity index (χ3n) is 6.82. The van der Waals surface area contributed by atoms with Crippen LogP contribution in [0.15, 0.2) is 18.2 Å². The van der Waals surface area contributed by atoms with Gasteiger partial charge in [-0.15, -0.1) is 0 Å². The Morgan fingerprint density at radius 3 is 2.71 bits per heavy atom. The van der Waals surface area contributed by atoms with Gasteiger partial charge in [0.25, 0.3) is 5.91 Å². The number of carbonyl (C=O) groups excluding carboxylic acids is 1. The number of anilines is 1. The van der Waals surface area contributed by atoms with E-state index in [1.54, 1.807) is 0 Å². The van der Waals surface area contributed by atoms with Gasteiger partial charge in [0, 0.05) is 44.8 Å². The first-order valence-electron chi connectivity index (χ1n) is 11.9. The van der Waals surface area contributed by atoms with Crippen molar-refractivity contribution in [2.75, 3.05) is 57.9 Å². The molecule has 0 spiro atoms. The Bertz CT molecular complexity index is 889. The van der Waals surface area contributed by atoms with Crippen molar-refractivity contribution in [1.82, 2.24) is 19.4 Å². The Hall–Kier alpha value is -2.12. The van der Waals surface area contributed by atoms with E-state index in [4.69, 9.17) is 9.72 Å². The number of aromatic nitrogens is 2. The highest BCUT2D eigenvalue weighted by Gasteiger charge is 2.25. The van der Waals surface area contributed by atoms with Crippen molar-refractivity contribution in [2.24, 2.45) is 0 Å². The van der Waals surface area contributed by atoms with Crippen LogP contribution in [0.5, 0.6) is 0 Å². The first-order chi connectivity index (χ1) is 15.1. The fourth-order valence-corrected chi connectivity index (χ4v) is 4.91. The highest BCUT2D eigenvalue weighted by atomic mass is 16.5. The molecule has 2 fully saturated rings. The van der Waals surface area contributed by atoms with Gasteiger partial charge < -0.3 is 24.0 Å². The maximum Gasteiger partial charge on any atom is 0.253 e. The van der Waals surface area contributed by atoms with Gasteiger partial charge in [0.15, 0.2) is 0 Å². The summed E-state index contributed by atoms with van der Waals surface area (Å²) in [7, 11) is 1.97. The quantitative estimate of drug-likeness (QED) is 0.709. The van der Waals surface area contributed by atoms with Crippen LogP contribution in [0.3, 0.4) is 0 Å². The molecule has 2 aromatic rings. The van der Waals surface area contributed by atoms with E-state index < -0.39 is 0 Å². The summed E-state index contributed by atoms with van der Waals surface area (Å²) in [5.41, 5.74) is 2.75. The lowest BCUT2D eigenvalue weighted by Crippen LogP contribution is -2.38. The molecule has 1 aromatic heterocycles. The normalized spacial score (nSPS) is 20.7. The van der Waals surface area contributed by atoms with Gasteiger partial charge in [-0.3, -0.25) is 4.79 Å². The molecule has 0 radical (unpaired) electrons. The van der Waals surface area contributed by atoms with Crippen LogP contribution in [0.4, 0.5) is 5.95 Å². The minimum absolute atomic E-state index is 0.106. The number of fused-ring (bicyclic) bond motifs is 1. The zero-order valence-corrected chi connectivity index (χ0v) is 19.3. The van der Waals surface area contributed by atoms with Crippen molar-refractivity contribution in [3.05, 3.63) is 23.8 Å². The van der Waals surface area contributed by atoms with Crippen LogP contribution in [0.2, 0.25) is 0 Å². The zero-order chi connectivity index (χ0) is 21.8. The fraction of sp³-hybridized carbons (Fsp3) is 0.667. The van der Waals surface area contributed by atoms with Gasteiger partial charge >= 0.3 is 0 Å². The fourth-order valence-electron chi connectivity index (χ4n) is 4.91. The van der Waals surface area contributed by atoms with Crippen LogP contribution >= 0.6 is 0 Å². The number of aryl methyl sites for hydroxylation is 1. The number of benzene rings is 1. The van der Waals surface area contributed by atoms with E-state index >= 15 is 0 Å². The molecule has 31 heavy (non-hydrogen) atoms. The van der Waals surface area contributed by atoms with E-state index in [0.29, 0.717) is 6.04 Å². The number of morpholine rings is 1. The molecule has 170 valence electrons. The van der Waals surface area contributed by atoms with Crippen molar-refractivity contribution >= 4 is 22.9 Å². The summed E-state index contributed by atoms with van der Waals surface area (Å²) in [6.07, 6.45) is 4.32. The van der Waals surface area contributed by atoms with Crippen molar-refractivity contribution in [1.29, 1.82) is 0 Å². The molecule has 7 heteroatoms. The topological polar surface area (TPSA) is 53.8 Å². The van der Waals surface area contributed by atoms with Crippen LogP contribution in [0.25, 0.3) is 11.0 Å². The minimum atomic E-state index is 0.106. The second-order valence-electron chi connectivity index (χ2n) is 8.80. The molecule has 4 rings (SSSR count). The highest BCUT2D eigenvalue weighted by Crippen LogP contribution is 2.26. The summed E-state index contributed by atoms with van der Waals surface area (Å²) in [6, 6.07) is 6.35. The molecule has 1 unspecified atom stereocenters. The number of amides is 1. The molecule has 2 aliphatic rings. The number of carbonyl (C=O) groups is 1. The van der Waals surface area contributed by atoms with Crippen molar-refractivity contribution < 1.29 is 9.53 Å². The summed E-state index contributed by atoms with van der Waals surface area (Å²) in [6.45, 7) is 11.8. The number of rotatable bonds is 6. The van der Waals surface area contributed by atoms with Crippen LogP contribution < -0.4 is 4.90 Å². The van der Waals surface area contributed by atoms with Gasteiger partial charge in [-0.2, -0.15) is 0 Å². The second kappa shape index (κ2) is 10.0. The Kier molecular flexibility index (Phi) is 7.13. The van der Waals surface area contributed by atoms with E-state index in [0.717, 1.165) is 101 Å². The van der Waals surface area contributed by atoms with Crippen molar-refractivity contribution in [3.63, 3.8) is 0 Å². The summed E-state index contributed by atoms with van der Waals surface area (Å²) < 4.78 is 7.82. The molecule has 0 bridgehead atoms. The summed E-state index contributed by atoms with van der Waals surface area (Å²) >= 11 is 0. The molecule has 1 aromatic carbocycles. The van der Waals surface area contributed by atoms with E-state index in [2.05, 4.69) is 34.3 Å². The largest absolute Gasteiger partial charge is 0.378 e. The lowest BCUT2D eigenvalue weighted by molar-refractivity contribution is 0.0718. The maximum absolute atomic E-state index is 13.3. The zero-order valence-electron chi connectivity index (χ0n) is 19.3. The predicted molar refractivity (Wildman–Crippen MR) is 125 cm³/mol. The standard InChI is InChI=1S/C24H37N5O2/c1-4-11-29-22-9-8-19(18-21(22)25-24(29)28-14-16-31-17-15-28)23(30)26(3)20-7-6-12-27(5-2)13-10-20/h8-9,18,20H,4-7,10-17H2,1-3H3. The van der Waals surface area contributed by atoms with Crippen LogP contribution in [0, 0.1) is 0 Å². The molecule has 1 amide bonds. The molecule has 0 N–H and O–H groups in total. The van der Waals surface area contributed by atoms with E-state index in [1.165, 1.54) is 0 Å². The third kappa shape index (κ3) is 4.72. The molecule has 2 aliphatic heterocycles. The summed E-state index contributed by atoms with van der Waals surface area (Å²) in [5.74, 6) is 1.11. The number of ether oxygens (including phenoxy) is 1. The number of imidazole rings is 1. The summed E-state index contributed by atoms with van der Waals surface area (Å²) in [4.78, 5) is 25.0. The number of hydrogen-bond donors (Lipinski definition) is 0. The Morgan fingerprint density at radius 2 is 1.97 bits per heavy atom. The van der Waals surface area contributed by atoms with E-state index in [9.17, 15) is 4.79 Å². The van der Waals surface area contributed by atoms with E-state index in [1.807, 2.05) is 24.1 Å². The minimum Gasteiger partial charge on any atom is -0.378 e. The third-order valence-corrected chi connectivity index (χ3v) is 6.82. The SMILES string of the molecule is CCCn1c(N2CCOCC2)nc2cc(C(=O)N(C)C3CCCN(CC)CC3)ccc21. The van der Waals surface area contributed by atoms with Gasteiger partial charge in [0.2, 0.25) is 5.95 Å². The van der Waals surface area contributed by atoms with E-state index in [-0.39, 0.29) is 5.91 Å². The number of likely N-dealkylation sites (tertiary alicyclic amines) is 1. The van der Waals surface area contributed by atoms with Crippen molar-refractivity contribution in [3.8, 4) is 0 Å². The number of hydrogen-bond acceptors (Lipinski definition) is 5. The average Bonchev–Trinajstić information content (AvgIpc) is 2.99. The van der Waals surface area contributed by atoms with Crippen LogP contribution in [-0.4, -0.2) is 84.3 Å². The Balaban J connectivity index is 1.57. The Labute approximate surface area is 185 Å². The molecule has 1 atom stereocenters. The lowest BCUT2D eigenvalue weighted by atomic mass is 10.1. The first kappa shape index (κ1) is 22.1. The monoisotopic (exact) mass is 427 g/mol. The molecule has 2 saturated heterocycles. The average molecular weight is 428 g/mol. The first-order valence-corrected chi connectivity index (χ1v) is 11.9. The molecular formula is C24H37N5O2. The molecular weight excluding hydrogens is 390 g/mol. The molecule has 0 saturated carbocycles. The predicted octanol–water partition coefficient (Wildman–Crippen LogP) is 3.23. The van der Waals surface area contributed by atoms with Gasteiger partial charge in [-0.1, -0.05) is 13.8 Å². The second-order valence-corrected chi connectivity index (χ2v) is 8.80. The molecule has 0 aliphatic carbocycles. The van der Waals surface area contributed by atoms with Crippen LogP contribution in [-0.2, 0) is 11.3 Å². The van der Waals surface area contributed by atoms with Crippen LogP contribution in [0.1, 0.15) is 49.9 Å². The van der Waals surface area contributed by atoms with Gasteiger partial charge in [0.05, 0.1) is 24.2 Å². The molecule has 7 nitrogen and oxygen atoms in total. The van der Waals surface area contributed by atoms with Gasteiger partial charge in [-0.25, -0.2) is 4.98 Å². The smallest absolute Gasteiger partial charge is 0.253 e. The Morgan fingerprint density at radius 1 is 1.16 bits per heavy atom. The molecule has 3 heterocycles. The highest BCUT2D eigenvalue weighted by molar-refractivity contribution is 5.97. The van der Waals surface area contributed by atoms with Gasteiger partial charge in [-0.05, 0) is 57.0 Å². The number of nitrogens with zero attached hydrogens (tertiary/aromatic N) is 5. The van der Waals surface area contributed by atoms with Gasteiger partial charge in [0.1, 0.15) is 0 Å². The lowest BCUT2D eigenvalue weighted by Gasteiger charge is -2.28.